The van der Waals surface area contributed by atoms with Crippen molar-refractivity contribution in [1.82, 2.24) is 0 Å². The van der Waals surface area contributed by atoms with E-state index in [0.29, 0.717) is 30.0 Å². The third kappa shape index (κ3) is 2.19. The molecular formula is C21H34O3. The standard InChI is InChI=1S/C21H34O3/c1-12(22)16-6-7-17-15-5-4-13-10-14(23)8-9-20(13,2)19(15)18(24)11-21(16,17)3/h12-17,19,22-23H,4-11H2,1-3H3/t12-,13-,14+,15-,16-,17+,19-,20-,21+/m0/s1. The van der Waals surface area contributed by atoms with Crippen LogP contribution in [0.15, 0.2) is 0 Å². The molecule has 0 spiro atoms. The van der Waals surface area contributed by atoms with E-state index >= 15 is 0 Å². The molecular weight excluding hydrogens is 300 g/mol. The van der Waals surface area contributed by atoms with Gasteiger partial charge in [0.05, 0.1) is 12.2 Å². The third-order valence-corrected chi connectivity index (χ3v) is 8.98. The van der Waals surface area contributed by atoms with E-state index in [-0.39, 0.29) is 34.9 Å². The van der Waals surface area contributed by atoms with Crippen molar-refractivity contribution in [2.75, 3.05) is 0 Å². The molecule has 3 nitrogen and oxygen atoms in total. The van der Waals surface area contributed by atoms with Gasteiger partial charge in [-0.1, -0.05) is 13.8 Å². The maximum absolute atomic E-state index is 13.3. The Kier molecular flexibility index (Phi) is 3.93. The van der Waals surface area contributed by atoms with E-state index in [9.17, 15) is 15.0 Å². The monoisotopic (exact) mass is 334 g/mol. The Morgan fingerprint density at radius 1 is 1.08 bits per heavy atom. The van der Waals surface area contributed by atoms with Crippen molar-refractivity contribution in [3.8, 4) is 0 Å². The van der Waals surface area contributed by atoms with E-state index in [2.05, 4.69) is 13.8 Å². The smallest absolute Gasteiger partial charge is 0.137 e. The SMILES string of the molecule is C[C@H](O)[C@@H]1CC[C@@H]2[C@@H]3CC[C@H]4C[C@H](O)CC[C@]4(C)[C@@H]3C(=O)C[C@@]21C. The van der Waals surface area contributed by atoms with Gasteiger partial charge in [-0.15, -0.1) is 0 Å². The number of hydrogen-bond donors (Lipinski definition) is 2. The number of ketones is 1. The van der Waals surface area contributed by atoms with E-state index in [0.717, 1.165) is 32.1 Å². The molecule has 0 unspecified atom stereocenters. The fraction of sp³-hybridized carbons (Fsp3) is 0.952. The van der Waals surface area contributed by atoms with Crippen LogP contribution in [0.5, 0.6) is 0 Å². The zero-order valence-electron chi connectivity index (χ0n) is 15.5. The van der Waals surface area contributed by atoms with Crippen molar-refractivity contribution in [2.24, 2.45) is 40.4 Å². The molecule has 2 N–H and O–H groups in total. The summed E-state index contributed by atoms with van der Waals surface area (Å²) in [5.74, 6) is 2.58. The van der Waals surface area contributed by atoms with Crippen LogP contribution in [0.25, 0.3) is 0 Å². The van der Waals surface area contributed by atoms with Gasteiger partial charge in [-0.25, -0.2) is 0 Å². The van der Waals surface area contributed by atoms with Gasteiger partial charge in [0.25, 0.3) is 0 Å². The second-order valence-electron chi connectivity index (χ2n) is 10.0. The lowest BCUT2D eigenvalue weighted by atomic mass is 9.44. The zero-order valence-corrected chi connectivity index (χ0v) is 15.5. The molecule has 0 radical (unpaired) electrons. The predicted octanol–water partition coefficient (Wildman–Crippen LogP) is 3.57. The van der Waals surface area contributed by atoms with Crippen LogP contribution in [-0.2, 0) is 4.79 Å². The van der Waals surface area contributed by atoms with E-state index < -0.39 is 0 Å². The van der Waals surface area contributed by atoms with E-state index in [1.54, 1.807) is 0 Å². The molecule has 0 saturated heterocycles. The Labute approximate surface area is 146 Å². The molecule has 9 atom stereocenters. The summed E-state index contributed by atoms with van der Waals surface area (Å²) in [5, 5.41) is 20.4. The number of aliphatic hydroxyl groups is 2. The number of Topliss-reactive ketones (excluding diaryl/α,β-unsaturated/α-hetero) is 1. The van der Waals surface area contributed by atoms with Gasteiger partial charge in [0.2, 0.25) is 0 Å². The van der Waals surface area contributed by atoms with E-state index in [4.69, 9.17) is 0 Å². The summed E-state index contributed by atoms with van der Waals surface area (Å²) < 4.78 is 0. The summed E-state index contributed by atoms with van der Waals surface area (Å²) in [4.78, 5) is 13.3. The number of aliphatic hydroxyl groups excluding tert-OH is 2. The summed E-state index contributed by atoms with van der Waals surface area (Å²) in [5.41, 5.74) is 0.104. The molecule has 3 heteroatoms. The molecule has 0 amide bonds. The maximum atomic E-state index is 13.3. The van der Waals surface area contributed by atoms with Gasteiger partial charge in [0, 0.05) is 12.3 Å². The highest BCUT2D eigenvalue weighted by molar-refractivity contribution is 5.84. The van der Waals surface area contributed by atoms with Crippen molar-refractivity contribution in [3.63, 3.8) is 0 Å². The molecule has 4 aliphatic carbocycles. The fourth-order valence-electron chi connectivity index (χ4n) is 7.88. The lowest BCUT2D eigenvalue weighted by molar-refractivity contribution is -0.163. The average Bonchev–Trinajstić information content (AvgIpc) is 2.84. The molecule has 0 bridgehead atoms. The van der Waals surface area contributed by atoms with E-state index in [1.807, 2.05) is 6.92 Å². The maximum Gasteiger partial charge on any atom is 0.137 e. The fourth-order valence-corrected chi connectivity index (χ4v) is 7.88. The quantitative estimate of drug-likeness (QED) is 0.771. The van der Waals surface area contributed by atoms with Crippen molar-refractivity contribution in [1.29, 1.82) is 0 Å². The van der Waals surface area contributed by atoms with Crippen LogP contribution < -0.4 is 0 Å². The van der Waals surface area contributed by atoms with Crippen molar-refractivity contribution in [2.45, 2.75) is 84.3 Å². The molecule has 0 aromatic carbocycles. The number of carbonyl (C=O) groups excluding carboxylic acids is 1. The topological polar surface area (TPSA) is 57.5 Å². The van der Waals surface area contributed by atoms with Gasteiger partial charge in [-0.3, -0.25) is 4.79 Å². The molecule has 0 aromatic heterocycles. The Hall–Kier alpha value is -0.410. The van der Waals surface area contributed by atoms with Gasteiger partial charge in [0.1, 0.15) is 5.78 Å². The van der Waals surface area contributed by atoms with Crippen LogP contribution >= 0.6 is 0 Å². The number of fused-ring (bicyclic) bond motifs is 5. The third-order valence-electron chi connectivity index (χ3n) is 8.98. The molecule has 4 saturated carbocycles. The Morgan fingerprint density at radius 3 is 2.54 bits per heavy atom. The lowest BCUT2D eigenvalue weighted by Gasteiger charge is -2.60. The first-order valence-electron chi connectivity index (χ1n) is 10.2. The molecule has 0 aliphatic heterocycles. The number of rotatable bonds is 1. The summed E-state index contributed by atoms with van der Waals surface area (Å²) in [6.07, 6.45) is 7.56. The minimum Gasteiger partial charge on any atom is -0.393 e. The van der Waals surface area contributed by atoms with Crippen LogP contribution in [0.4, 0.5) is 0 Å². The van der Waals surface area contributed by atoms with Crippen LogP contribution in [0.1, 0.15) is 72.1 Å². The van der Waals surface area contributed by atoms with Gasteiger partial charge >= 0.3 is 0 Å². The van der Waals surface area contributed by atoms with Gasteiger partial charge < -0.3 is 10.2 Å². The first-order chi connectivity index (χ1) is 11.3. The molecule has 136 valence electrons. The first-order valence-corrected chi connectivity index (χ1v) is 10.2. The van der Waals surface area contributed by atoms with Crippen LogP contribution in [0.2, 0.25) is 0 Å². The van der Waals surface area contributed by atoms with Crippen LogP contribution in [-0.4, -0.2) is 28.2 Å². The molecule has 24 heavy (non-hydrogen) atoms. The molecule has 4 fully saturated rings. The average molecular weight is 335 g/mol. The number of carbonyl (C=O) groups is 1. The van der Waals surface area contributed by atoms with Gasteiger partial charge in [-0.2, -0.15) is 0 Å². The minimum absolute atomic E-state index is 0.00376. The Bertz CT molecular complexity index is 529. The zero-order chi connectivity index (χ0) is 17.3. The summed E-state index contributed by atoms with van der Waals surface area (Å²) >= 11 is 0. The second kappa shape index (κ2) is 5.54. The predicted molar refractivity (Wildman–Crippen MR) is 93.3 cm³/mol. The van der Waals surface area contributed by atoms with Crippen LogP contribution in [0, 0.1) is 40.4 Å². The second-order valence-corrected chi connectivity index (χ2v) is 10.0. The van der Waals surface area contributed by atoms with Gasteiger partial charge in [-0.05, 0) is 86.4 Å². The van der Waals surface area contributed by atoms with E-state index in [1.165, 1.54) is 12.8 Å². The molecule has 0 aromatic rings. The highest BCUT2D eigenvalue weighted by atomic mass is 16.3. The normalized spacial score (nSPS) is 55.5. The number of hydrogen-bond acceptors (Lipinski definition) is 3. The summed E-state index contributed by atoms with van der Waals surface area (Å²) in [6.45, 7) is 6.55. The molecule has 4 aliphatic rings. The Balaban J connectivity index is 1.67. The molecule has 4 rings (SSSR count). The van der Waals surface area contributed by atoms with Crippen molar-refractivity contribution in [3.05, 3.63) is 0 Å². The first kappa shape index (κ1) is 17.0. The van der Waals surface area contributed by atoms with Crippen LogP contribution in [0.3, 0.4) is 0 Å². The minimum atomic E-state index is -0.305. The lowest BCUT2D eigenvalue weighted by Crippen LogP contribution is -2.58. The molecule has 0 heterocycles. The van der Waals surface area contributed by atoms with Gasteiger partial charge in [0.15, 0.2) is 0 Å². The summed E-state index contributed by atoms with van der Waals surface area (Å²) in [7, 11) is 0. The van der Waals surface area contributed by atoms with Crippen molar-refractivity contribution >= 4 is 5.78 Å². The Morgan fingerprint density at radius 2 is 1.83 bits per heavy atom. The largest absolute Gasteiger partial charge is 0.393 e. The highest BCUT2D eigenvalue weighted by Crippen LogP contribution is 2.66. The highest BCUT2D eigenvalue weighted by Gasteiger charge is 2.63. The van der Waals surface area contributed by atoms with Crippen molar-refractivity contribution < 1.29 is 15.0 Å². The summed E-state index contributed by atoms with van der Waals surface area (Å²) in [6, 6.07) is 0.